The molecule has 0 radical (unpaired) electrons. The van der Waals surface area contributed by atoms with Crippen molar-refractivity contribution in [1.29, 1.82) is 5.26 Å². The van der Waals surface area contributed by atoms with Crippen molar-refractivity contribution in [3.05, 3.63) is 62.0 Å². The monoisotopic (exact) mass is 488 g/mol. The molecule has 11 heteroatoms. The molecule has 1 aliphatic heterocycles. The zero-order valence-corrected chi connectivity index (χ0v) is 19.1. The van der Waals surface area contributed by atoms with E-state index in [-0.39, 0.29) is 31.2 Å². The molecule has 1 fully saturated rings. The Morgan fingerprint density at radius 1 is 1.36 bits per heavy atom. The molecule has 0 bridgehead atoms. The zero-order chi connectivity index (χ0) is 23.2. The van der Waals surface area contributed by atoms with E-state index in [0.29, 0.717) is 47.0 Å². The number of nitrogens with zero attached hydrogens (tertiary/aromatic N) is 2. The highest BCUT2D eigenvalue weighted by atomic mass is 35.5. The average Bonchev–Trinajstić information content (AvgIpc) is 3.22. The third-order valence-corrected chi connectivity index (χ3v) is 6.15. The number of fused-ring (bicyclic) bond motifs is 1. The number of aromatic amines is 1. The van der Waals surface area contributed by atoms with E-state index in [1.807, 2.05) is 6.07 Å². The molecule has 2 N–H and O–H groups in total. The first-order chi connectivity index (χ1) is 16.0. The third kappa shape index (κ3) is 5.96. The van der Waals surface area contributed by atoms with Crippen LogP contribution < -0.4 is 10.9 Å². The van der Waals surface area contributed by atoms with Gasteiger partial charge in [-0.15, -0.1) is 11.3 Å². The summed E-state index contributed by atoms with van der Waals surface area (Å²) in [6, 6.07) is 9.20. The number of carbonyl (C=O) groups is 1. The van der Waals surface area contributed by atoms with Gasteiger partial charge in [0, 0.05) is 17.1 Å². The van der Waals surface area contributed by atoms with Crippen LogP contribution in [0.15, 0.2) is 34.4 Å². The molecule has 0 saturated carbocycles. The van der Waals surface area contributed by atoms with Crippen molar-refractivity contribution in [2.45, 2.75) is 31.8 Å². The van der Waals surface area contributed by atoms with E-state index >= 15 is 0 Å². The minimum atomic E-state index is -0.482. The summed E-state index contributed by atoms with van der Waals surface area (Å²) in [5, 5.41) is 14.2. The van der Waals surface area contributed by atoms with Gasteiger partial charge in [-0.1, -0.05) is 23.7 Å². The van der Waals surface area contributed by atoms with Crippen LogP contribution in [0, 0.1) is 11.3 Å². The fourth-order valence-corrected chi connectivity index (χ4v) is 4.47. The maximum atomic E-state index is 12.7. The summed E-state index contributed by atoms with van der Waals surface area (Å²) in [4.78, 5) is 32.5. The number of hydrogen-bond acceptors (Lipinski definition) is 8. The molecule has 0 aliphatic carbocycles. The highest BCUT2D eigenvalue weighted by Gasteiger charge is 2.22. The van der Waals surface area contributed by atoms with Crippen molar-refractivity contribution >= 4 is 39.1 Å². The maximum absolute atomic E-state index is 12.7. The molecule has 2 unspecified atom stereocenters. The van der Waals surface area contributed by atoms with Gasteiger partial charge in [-0.25, -0.2) is 4.98 Å². The summed E-state index contributed by atoms with van der Waals surface area (Å²) >= 11 is 7.23. The SMILES string of the molecule is N#CCC1COC(COCc2csc3nc(C(=O)NCc4cccc(Cl)c4)[nH]c(=O)c23)CO1. The molecular formula is C22H21ClN4O5S. The number of aromatic nitrogens is 2. The van der Waals surface area contributed by atoms with E-state index in [9.17, 15) is 9.59 Å². The van der Waals surface area contributed by atoms with Crippen LogP contribution in [0.4, 0.5) is 0 Å². The lowest BCUT2D eigenvalue weighted by Gasteiger charge is -2.28. The molecule has 1 aliphatic rings. The topological polar surface area (TPSA) is 126 Å². The number of rotatable bonds is 8. The lowest BCUT2D eigenvalue weighted by molar-refractivity contribution is -0.151. The fraction of sp³-hybridized carbons (Fsp3) is 0.364. The molecule has 33 heavy (non-hydrogen) atoms. The Bertz CT molecular complexity index is 1230. The second-order valence-electron chi connectivity index (χ2n) is 7.46. The van der Waals surface area contributed by atoms with E-state index in [4.69, 9.17) is 31.1 Å². The Kier molecular flexibility index (Phi) is 7.69. The molecule has 1 aromatic carbocycles. The minimum Gasteiger partial charge on any atom is -0.374 e. The van der Waals surface area contributed by atoms with Crippen LogP contribution in [-0.4, -0.2) is 47.9 Å². The molecule has 3 heterocycles. The van der Waals surface area contributed by atoms with Gasteiger partial charge in [0.2, 0.25) is 5.82 Å². The van der Waals surface area contributed by atoms with Crippen LogP contribution in [-0.2, 0) is 27.4 Å². The van der Waals surface area contributed by atoms with Gasteiger partial charge in [-0.05, 0) is 23.1 Å². The van der Waals surface area contributed by atoms with Crippen molar-refractivity contribution in [2.75, 3.05) is 19.8 Å². The van der Waals surface area contributed by atoms with Gasteiger partial charge in [0.05, 0.1) is 50.4 Å². The predicted octanol–water partition coefficient (Wildman–Crippen LogP) is 2.78. The molecule has 2 atom stereocenters. The number of halogens is 1. The molecule has 1 amide bonds. The van der Waals surface area contributed by atoms with Crippen LogP contribution in [0.3, 0.4) is 0 Å². The zero-order valence-electron chi connectivity index (χ0n) is 17.5. The molecule has 4 rings (SSSR count). The van der Waals surface area contributed by atoms with Gasteiger partial charge in [-0.3, -0.25) is 9.59 Å². The normalized spacial score (nSPS) is 18.2. The Labute approximate surface area is 198 Å². The molecule has 1 saturated heterocycles. The smallest absolute Gasteiger partial charge is 0.287 e. The summed E-state index contributed by atoms with van der Waals surface area (Å²) in [7, 11) is 0. The maximum Gasteiger partial charge on any atom is 0.287 e. The Morgan fingerprint density at radius 3 is 2.94 bits per heavy atom. The van der Waals surface area contributed by atoms with E-state index < -0.39 is 11.5 Å². The molecule has 172 valence electrons. The number of nitrogens with one attached hydrogen (secondary N) is 2. The van der Waals surface area contributed by atoms with Gasteiger partial charge in [0.15, 0.2) is 0 Å². The summed E-state index contributed by atoms with van der Waals surface area (Å²) in [6.45, 7) is 1.47. The number of ether oxygens (including phenoxy) is 3. The quantitative estimate of drug-likeness (QED) is 0.499. The van der Waals surface area contributed by atoms with E-state index in [0.717, 1.165) is 5.56 Å². The van der Waals surface area contributed by atoms with Crippen LogP contribution in [0.1, 0.15) is 28.2 Å². The van der Waals surface area contributed by atoms with Crippen LogP contribution >= 0.6 is 22.9 Å². The van der Waals surface area contributed by atoms with Crippen LogP contribution in [0.25, 0.3) is 10.2 Å². The second kappa shape index (κ2) is 10.9. The number of benzene rings is 1. The number of H-pyrrole nitrogens is 1. The number of thiophene rings is 1. The lowest BCUT2D eigenvalue weighted by atomic mass is 10.2. The van der Waals surface area contributed by atoms with Gasteiger partial charge in [0.25, 0.3) is 11.5 Å². The summed E-state index contributed by atoms with van der Waals surface area (Å²) < 4.78 is 16.9. The van der Waals surface area contributed by atoms with Gasteiger partial charge < -0.3 is 24.5 Å². The summed E-state index contributed by atoms with van der Waals surface area (Å²) in [6.07, 6.45) is -0.130. The largest absolute Gasteiger partial charge is 0.374 e. The Hall–Kier alpha value is -2.81. The molecule has 0 spiro atoms. The van der Waals surface area contributed by atoms with Crippen LogP contribution in [0.5, 0.6) is 0 Å². The van der Waals surface area contributed by atoms with Crippen molar-refractivity contribution in [3.8, 4) is 6.07 Å². The highest BCUT2D eigenvalue weighted by molar-refractivity contribution is 7.16. The minimum absolute atomic E-state index is 0.0523. The average molecular weight is 489 g/mol. The Morgan fingerprint density at radius 2 is 2.18 bits per heavy atom. The summed E-state index contributed by atoms with van der Waals surface area (Å²) in [5.41, 5.74) is 1.13. The van der Waals surface area contributed by atoms with Crippen molar-refractivity contribution in [3.63, 3.8) is 0 Å². The first-order valence-electron chi connectivity index (χ1n) is 10.2. The van der Waals surface area contributed by atoms with Crippen molar-refractivity contribution in [2.24, 2.45) is 0 Å². The highest BCUT2D eigenvalue weighted by Crippen LogP contribution is 2.22. The molecule has 3 aromatic rings. The lowest BCUT2D eigenvalue weighted by Crippen LogP contribution is -2.38. The summed E-state index contributed by atoms with van der Waals surface area (Å²) in [5.74, 6) is -0.534. The van der Waals surface area contributed by atoms with Crippen LogP contribution in [0.2, 0.25) is 5.02 Å². The number of amides is 1. The van der Waals surface area contributed by atoms with Crippen molar-refractivity contribution < 1.29 is 19.0 Å². The van der Waals surface area contributed by atoms with Gasteiger partial charge in [-0.2, -0.15) is 5.26 Å². The Balaban J connectivity index is 1.34. The molecule has 2 aromatic heterocycles. The first-order valence-corrected chi connectivity index (χ1v) is 11.5. The van der Waals surface area contributed by atoms with E-state index in [1.165, 1.54) is 11.3 Å². The van der Waals surface area contributed by atoms with Gasteiger partial charge >= 0.3 is 0 Å². The van der Waals surface area contributed by atoms with E-state index in [1.54, 1.807) is 23.6 Å². The number of carbonyl (C=O) groups excluding carboxylic acids is 1. The second-order valence-corrected chi connectivity index (χ2v) is 8.75. The molecular weight excluding hydrogens is 468 g/mol. The fourth-order valence-electron chi connectivity index (χ4n) is 3.33. The van der Waals surface area contributed by atoms with Crippen molar-refractivity contribution in [1.82, 2.24) is 15.3 Å². The first kappa shape index (κ1) is 23.4. The predicted molar refractivity (Wildman–Crippen MR) is 122 cm³/mol. The standard InChI is InChI=1S/C22H21ClN4O5S/c23-15-3-1-2-13(6-15)7-25-21(29)19-26-20(28)18-14(12-33-22(18)27-19)8-30-9-17-11-31-16(4-5-24)10-32-17/h1-3,6,12,16-17H,4,7-11H2,(H,25,29)(H,26,27,28). The number of nitriles is 1. The third-order valence-electron chi connectivity index (χ3n) is 4.99. The number of hydrogen-bond donors (Lipinski definition) is 2. The van der Waals surface area contributed by atoms with E-state index in [2.05, 4.69) is 21.4 Å². The molecule has 9 nitrogen and oxygen atoms in total. The van der Waals surface area contributed by atoms with Gasteiger partial charge in [0.1, 0.15) is 10.9 Å².